The van der Waals surface area contributed by atoms with E-state index in [0.717, 1.165) is 17.1 Å². The van der Waals surface area contributed by atoms with Crippen LogP contribution < -0.4 is 0 Å². The highest BCUT2D eigenvalue weighted by Gasteiger charge is 2.23. The van der Waals surface area contributed by atoms with Crippen LogP contribution in [0.4, 0.5) is 0 Å². The number of rotatable bonds is 11. The molecule has 0 unspecified atom stereocenters. The van der Waals surface area contributed by atoms with E-state index in [1.54, 1.807) is 0 Å². The second-order valence-electron chi connectivity index (χ2n) is 35.0. The fourth-order valence-electron chi connectivity index (χ4n) is 21.3. The standard InChI is InChI=1S/C44H28N2.2C42H28N2/c1-2-10-35-30(9-1)17-18-32-27-31(21-25-36(32)35)29-19-22-33(23-20-29)45-43-16-8-5-13-39(43)40-28-34(24-26-44(40)45)46-41-14-6-3-11-37(41)38-12-4-7-15-42(38)46;1-2-11-29(12-3-1)30-21-23-31(24-22-30)32-13-10-14-33(27-32)43-41-20-9-6-17-37(41)38-28-34(25-26-42(38)43)44-39-18-7-4-15-35(39)36-16-5-8-19-40(36)44;1-2-10-29(11-3-1)30-18-20-31(21-19-30)32-22-24-33(25-23-32)43-41-17-9-6-14-37(41)38-28-34(26-27-42(38)43)44-39-15-7-4-12-35(39)36-13-5-8-16-40(36)44/h1-28H;2*1-28H. The molecule has 0 atom stereocenters. The van der Waals surface area contributed by atoms with Crippen LogP contribution in [0.3, 0.4) is 0 Å². The molecule has 0 aliphatic heterocycles. The smallest absolute Gasteiger partial charge is 0.0542 e. The highest BCUT2D eigenvalue weighted by atomic mass is 15.0. The topological polar surface area (TPSA) is 29.6 Å². The molecular formula is C128H84N6. The summed E-state index contributed by atoms with van der Waals surface area (Å²) < 4.78 is 14.4. The molecule has 28 aromatic rings. The minimum absolute atomic E-state index is 1.16. The summed E-state index contributed by atoms with van der Waals surface area (Å²) in [4.78, 5) is 0. The van der Waals surface area contributed by atoms with E-state index in [4.69, 9.17) is 0 Å². The molecule has 0 amide bonds. The monoisotopic (exact) mass is 1700 g/mol. The summed E-state index contributed by atoms with van der Waals surface area (Å²) in [6.07, 6.45) is 0. The summed E-state index contributed by atoms with van der Waals surface area (Å²) in [6, 6.07) is 185. The van der Waals surface area contributed by atoms with Crippen molar-refractivity contribution in [2.45, 2.75) is 0 Å². The van der Waals surface area contributed by atoms with Gasteiger partial charge in [-0.3, -0.25) is 0 Å². The molecule has 0 aliphatic carbocycles. The fraction of sp³-hybridized carbons (Fsp3) is 0. The zero-order valence-electron chi connectivity index (χ0n) is 73.2. The predicted molar refractivity (Wildman–Crippen MR) is 568 cm³/mol. The molecule has 0 N–H and O–H groups in total. The first kappa shape index (κ1) is 77.3. The summed E-state index contributed by atoms with van der Waals surface area (Å²) in [7, 11) is 0. The summed E-state index contributed by atoms with van der Waals surface area (Å²) in [5.74, 6) is 0. The number of benzene rings is 22. The van der Waals surface area contributed by atoms with Crippen molar-refractivity contribution in [3.05, 3.63) is 510 Å². The quantitative estimate of drug-likeness (QED) is 0.116. The Hall–Kier alpha value is -17.8. The first-order chi connectivity index (χ1) is 66.5. The van der Waals surface area contributed by atoms with Crippen LogP contribution in [0.2, 0.25) is 0 Å². The lowest BCUT2D eigenvalue weighted by Gasteiger charge is -2.12. The van der Waals surface area contributed by atoms with Gasteiger partial charge in [0.05, 0.1) is 66.2 Å². The Kier molecular flexibility index (Phi) is 18.5. The third kappa shape index (κ3) is 13.0. The molecule has 0 bridgehead atoms. The molecule has 0 radical (unpaired) electrons. The van der Waals surface area contributed by atoms with E-state index in [-0.39, 0.29) is 0 Å². The van der Waals surface area contributed by atoms with Crippen molar-refractivity contribution in [1.29, 1.82) is 0 Å². The van der Waals surface area contributed by atoms with Gasteiger partial charge < -0.3 is 27.4 Å². The lowest BCUT2D eigenvalue weighted by Crippen LogP contribution is -1.96. The first-order valence-corrected chi connectivity index (χ1v) is 46.1. The second kappa shape index (κ2) is 32.1. The SMILES string of the molecule is c1ccc(-c2ccc(-c3ccc(-n4c5ccccc5c5cc(-n6c7ccccc7c7ccccc76)ccc54)cc3)cc2)cc1.c1ccc(-c2ccc(-c3cccc(-n4c5ccccc5c5cc(-n6c7ccccc7c7ccccc76)ccc54)c3)cc2)cc1.c1ccc2c(c1)ccc1cc(-c3ccc(-n4c5ccccc5c5cc(-n6c7ccccc7c7ccccc76)ccc54)cc3)ccc12. The van der Waals surface area contributed by atoms with Gasteiger partial charge in [0.1, 0.15) is 0 Å². The maximum absolute atomic E-state index is 2.40. The Morgan fingerprint density at radius 2 is 0.291 bits per heavy atom. The molecule has 0 spiro atoms. The minimum Gasteiger partial charge on any atom is -0.309 e. The van der Waals surface area contributed by atoms with Gasteiger partial charge in [-0.2, -0.15) is 0 Å². The molecule has 6 heterocycles. The van der Waals surface area contributed by atoms with Crippen LogP contribution >= 0.6 is 0 Å². The fourth-order valence-corrected chi connectivity index (χ4v) is 21.3. The van der Waals surface area contributed by atoms with E-state index in [2.05, 4.69) is 537 Å². The number of nitrogens with zero attached hydrogens (tertiary/aromatic N) is 6. The molecule has 28 rings (SSSR count). The Bertz CT molecular complexity index is 9310. The van der Waals surface area contributed by atoms with E-state index in [0.29, 0.717) is 0 Å². The minimum atomic E-state index is 1.16. The molecule has 0 saturated carbocycles. The average molecular weight is 1710 g/mol. The van der Waals surface area contributed by atoms with Crippen LogP contribution in [0, 0.1) is 0 Å². The van der Waals surface area contributed by atoms with Crippen molar-refractivity contribution in [1.82, 2.24) is 27.4 Å². The van der Waals surface area contributed by atoms with Crippen molar-refractivity contribution in [2.75, 3.05) is 0 Å². The van der Waals surface area contributed by atoms with Crippen molar-refractivity contribution >= 4 is 152 Å². The molecule has 6 nitrogen and oxygen atoms in total. The van der Waals surface area contributed by atoms with Gasteiger partial charge in [-0.15, -0.1) is 0 Å². The lowest BCUT2D eigenvalue weighted by molar-refractivity contribution is 1.17. The van der Waals surface area contributed by atoms with Gasteiger partial charge in [0.15, 0.2) is 0 Å². The maximum atomic E-state index is 2.40. The third-order valence-corrected chi connectivity index (χ3v) is 27.6. The number of hydrogen-bond acceptors (Lipinski definition) is 0. The van der Waals surface area contributed by atoms with Crippen LogP contribution in [-0.4, -0.2) is 27.4 Å². The molecular weight excluding hydrogens is 1620 g/mol. The Morgan fingerprint density at radius 3 is 0.619 bits per heavy atom. The number of fused-ring (bicyclic) bond motifs is 21. The van der Waals surface area contributed by atoms with Crippen LogP contribution in [0.5, 0.6) is 0 Å². The molecule has 626 valence electrons. The van der Waals surface area contributed by atoms with Gasteiger partial charge >= 0.3 is 0 Å². The predicted octanol–water partition coefficient (Wildman–Crippen LogP) is 34.3. The van der Waals surface area contributed by atoms with E-state index in [1.165, 1.54) is 225 Å². The molecule has 0 aliphatic rings. The molecule has 6 heteroatoms. The highest BCUT2D eigenvalue weighted by Crippen LogP contribution is 2.44. The summed E-state index contributed by atoms with van der Waals surface area (Å²) in [5, 5.41) is 20.3. The Balaban J connectivity index is 0.000000105. The number of para-hydroxylation sites is 9. The summed E-state index contributed by atoms with van der Waals surface area (Å²) >= 11 is 0. The van der Waals surface area contributed by atoms with E-state index in [1.807, 2.05) is 0 Å². The van der Waals surface area contributed by atoms with Gasteiger partial charge in [-0.05, 0) is 229 Å². The zero-order chi connectivity index (χ0) is 88.3. The van der Waals surface area contributed by atoms with Gasteiger partial charge in [-0.1, -0.05) is 358 Å². The maximum Gasteiger partial charge on any atom is 0.0542 e. The summed E-state index contributed by atoms with van der Waals surface area (Å²) in [6.45, 7) is 0. The van der Waals surface area contributed by atoms with Crippen LogP contribution in [-0.2, 0) is 0 Å². The van der Waals surface area contributed by atoms with Gasteiger partial charge in [0, 0.05) is 98.8 Å². The summed E-state index contributed by atoms with van der Waals surface area (Å²) in [5.41, 5.74) is 33.8. The van der Waals surface area contributed by atoms with Gasteiger partial charge in [-0.25, -0.2) is 0 Å². The van der Waals surface area contributed by atoms with Gasteiger partial charge in [0.2, 0.25) is 0 Å². The van der Waals surface area contributed by atoms with Crippen molar-refractivity contribution in [3.8, 4) is 89.8 Å². The van der Waals surface area contributed by atoms with Crippen molar-refractivity contribution in [2.24, 2.45) is 0 Å². The van der Waals surface area contributed by atoms with Crippen molar-refractivity contribution < 1.29 is 0 Å². The molecule has 0 saturated heterocycles. The highest BCUT2D eigenvalue weighted by molar-refractivity contribution is 6.17. The number of aromatic nitrogens is 6. The molecule has 0 fully saturated rings. The van der Waals surface area contributed by atoms with E-state index in [9.17, 15) is 0 Å². The largest absolute Gasteiger partial charge is 0.309 e. The Morgan fingerprint density at radius 1 is 0.0896 bits per heavy atom. The van der Waals surface area contributed by atoms with Crippen molar-refractivity contribution in [3.63, 3.8) is 0 Å². The zero-order valence-corrected chi connectivity index (χ0v) is 73.2. The van der Waals surface area contributed by atoms with Crippen LogP contribution in [0.25, 0.3) is 242 Å². The molecule has 134 heavy (non-hydrogen) atoms. The third-order valence-electron chi connectivity index (χ3n) is 27.6. The van der Waals surface area contributed by atoms with Gasteiger partial charge in [0.25, 0.3) is 0 Å². The molecule has 6 aromatic heterocycles. The normalized spacial score (nSPS) is 11.7. The van der Waals surface area contributed by atoms with Crippen LogP contribution in [0.1, 0.15) is 0 Å². The molecule has 22 aromatic carbocycles. The first-order valence-electron chi connectivity index (χ1n) is 46.1. The lowest BCUT2D eigenvalue weighted by atomic mass is 9.97. The Labute approximate surface area is 773 Å². The average Bonchev–Trinajstić information content (AvgIpc) is 1.58. The second-order valence-corrected chi connectivity index (χ2v) is 35.0. The van der Waals surface area contributed by atoms with Crippen LogP contribution in [0.15, 0.2) is 510 Å². The number of hydrogen-bond donors (Lipinski definition) is 0. The van der Waals surface area contributed by atoms with E-state index >= 15 is 0 Å². The van der Waals surface area contributed by atoms with E-state index < -0.39 is 0 Å².